The maximum atomic E-state index is 12.1. The van der Waals surface area contributed by atoms with Gasteiger partial charge in [-0.15, -0.1) is 0 Å². The van der Waals surface area contributed by atoms with Gasteiger partial charge in [-0.1, -0.05) is 30.3 Å². The van der Waals surface area contributed by atoms with Crippen molar-refractivity contribution in [2.24, 2.45) is 0 Å². The standard InChI is InChI=1S/C17H17N3O/c1-12-8-15(13(2)20-12)9-16(10-18)17(21)19-11-14-6-4-3-5-7-14/h3-9,20H,11H2,1-2H3,(H,19,21)/b16-9-. The number of H-pyrrole nitrogens is 1. The van der Waals surface area contributed by atoms with Crippen molar-refractivity contribution in [1.29, 1.82) is 5.26 Å². The predicted octanol–water partition coefficient (Wildman–Crippen LogP) is 2.85. The van der Waals surface area contributed by atoms with E-state index >= 15 is 0 Å². The molecule has 1 aromatic heterocycles. The second-order valence-corrected chi connectivity index (χ2v) is 4.87. The summed E-state index contributed by atoms with van der Waals surface area (Å²) < 4.78 is 0. The van der Waals surface area contributed by atoms with Crippen molar-refractivity contribution in [1.82, 2.24) is 10.3 Å². The topological polar surface area (TPSA) is 68.7 Å². The fourth-order valence-corrected chi connectivity index (χ4v) is 2.07. The van der Waals surface area contributed by atoms with Gasteiger partial charge in [0.15, 0.2) is 0 Å². The molecule has 0 aliphatic rings. The third-order valence-corrected chi connectivity index (χ3v) is 3.15. The normalized spacial score (nSPS) is 11.0. The van der Waals surface area contributed by atoms with Crippen LogP contribution in [0, 0.1) is 25.2 Å². The van der Waals surface area contributed by atoms with E-state index in [-0.39, 0.29) is 11.5 Å². The molecule has 106 valence electrons. The first kappa shape index (κ1) is 14.6. The molecule has 4 nitrogen and oxygen atoms in total. The summed E-state index contributed by atoms with van der Waals surface area (Å²) >= 11 is 0. The first-order valence-corrected chi connectivity index (χ1v) is 6.70. The number of nitriles is 1. The van der Waals surface area contributed by atoms with Crippen LogP contribution in [0.25, 0.3) is 6.08 Å². The van der Waals surface area contributed by atoms with Crippen molar-refractivity contribution < 1.29 is 4.79 Å². The number of nitrogens with zero attached hydrogens (tertiary/aromatic N) is 1. The minimum atomic E-state index is -0.361. The fraction of sp³-hybridized carbons (Fsp3) is 0.176. The lowest BCUT2D eigenvalue weighted by Crippen LogP contribution is -2.23. The lowest BCUT2D eigenvalue weighted by atomic mass is 10.1. The van der Waals surface area contributed by atoms with Gasteiger partial charge in [0.25, 0.3) is 5.91 Å². The molecule has 0 unspecified atom stereocenters. The van der Waals surface area contributed by atoms with Crippen LogP contribution in [0.5, 0.6) is 0 Å². The maximum Gasteiger partial charge on any atom is 0.262 e. The van der Waals surface area contributed by atoms with Gasteiger partial charge >= 0.3 is 0 Å². The number of nitrogens with one attached hydrogen (secondary N) is 2. The van der Waals surface area contributed by atoms with Crippen LogP contribution in [0.4, 0.5) is 0 Å². The first-order chi connectivity index (χ1) is 10.1. The Hall–Kier alpha value is -2.80. The van der Waals surface area contributed by atoms with E-state index < -0.39 is 0 Å². The van der Waals surface area contributed by atoms with Crippen molar-refractivity contribution in [2.75, 3.05) is 0 Å². The molecule has 0 saturated heterocycles. The summed E-state index contributed by atoms with van der Waals surface area (Å²) in [6.45, 7) is 4.26. The van der Waals surface area contributed by atoms with Crippen LogP contribution in [0.3, 0.4) is 0 Å². The number of carbonyl (C=O) groups is 1. The van der Waals surface area contributed by atoms with Crippen LogP contribution in [-0.4, -0.2) is 10.9 Å². The Morgan fingerprint density at radius 2 is 2.05 bits per heavy atom. The molecule has 0 saturated carbocycles. The van der Waals surface area contributed by atoms with E-state index in [1.54, 1.807) is 6.08 Å². The van der Waals surface area contributed by atoms with Crippen LogP contribution < -0.4 is 5.32 Å². The number of aromatic amines is 1. The minimum absolute atomic E-state index is 0.105. The minimum Gasteiger partial charge on any atom is -0.362 e. The van der Waals surface area contributed by atoms with Crippen molar-refractivity contribution in [3.63, 3.8) is 0 Å². The number of benzene rings is 1. The van der Waals surface area contributed by atoms with Gasteiger partial charge in [-0.2, -0.15) is 5.26 Å². The molecule has 0 radical (unpaired) electrons. The lowest BCUT2D eigenvalue weighted by Gasteiger charge is -2.04. The maximum absolute atomic E-state index is 12.1. The van der Waals surface area contributed by atoms with E-state index in [4.69, 9.17) is 5.26 Å². The molecule has 1 heterocycles. The van der Waals surface area contributed by atoms with Gasteiger partial charge in [-0.25, -0.2) is 0 Å². The van der Waals surface area contributed by atoms with Crippen LogP contribution in [-0.2, 0) is 11.3 Å². The van der Waals surface area contributed by atoms with Gasteiger partial charge in [0, 0.05) is 17.9 Å². The Morgan fingerprint density at radius 1 is 1.33 bits per heavy atom. The number of rotatable bonds is 4. The van der Waals surface area contributed by atoms with Crippen molar-refractivity contribution >= 4 is 12.0 Å². The molecule has 0 aliphatic carbocycles. The zero-order valence-corrected chi connectivity index (χ0v) is 12.1. The molecule has 0 spiro atoms. The summed E-state index contributed by atoms with van der Waals surface area (Å²) in [7, 11) is 0. The number of aromatic nitrogens is 1. The molecule has 2 rings (SSSR count). The van der Waals surface area contributed by atoms with Crippen LogP contribution >= 0.6 is 0 Å². The van der Waals surface area contributed by atoms with Gasteiger partial charge in [0.05, 0.1) is 0 Å². The van der Waals surface area contributed by atoms with Crippen LogP contribution in [0.15, 0.2) is 42.0 Å². The molecule has 0 fully saturated rings. The highest BCUT2D eigenvalue weighted by Gasteiger charge is 2.10. The van der Waals surface area contributed by atoms with E-state index in [9.17, 15) is 4.79 Å². The average Bonchev–Trinajstić information content (AvgIpc) is 2.81. The number of amides is 1. The molecule has 21 heavy (non-hydrogen) atoms. The Bertz CT molecular complexity index is 705. The van der Waals surface area contributed by atoms with Gasteiger partial charge < -0.3 is 10.3 Å². The Morgan fingerprint density at radius 3 is 2.62 bits per heavy atom. The second kappa shape index (κ2) is 6.58. The highest BCUT2D eigenvalue weighted by molar-refractivity contribution is 6.01. The highest BCUT2D eigenvalue weighted by Crippen LogP contribution is 2.13. The molecule has 0 atom stereocenters. The zero-order valence-electron chi connectivity index (χ0n) is 12.1. The third kappa shape index (κ3) is 3.83. The summed E-state index contributed by atoms with van der Waals surface area (Å²) in [5.41, 5.74) is 3.90. The fourth-order valence-electron chi connectivity index (χ4n) is 2.07. The van der Waals surface area contributed by atoms with Crippen LogP contribution in [0.1, 0.15) is 22.5 Å². The largest absolute Gasteiger partial charge is 0.362 e. The molecule has 2 N–H and O–H groups in total. The zero-order chi connectivity index (χ0) is 15.2. The van der Waals surface area contributed by atoms with Gasteiger partial charge in [0.2, 0.25) is 0 Å². The summed E-state index contributed by atoms with van der Waals surface area (Å²) in [5.74, 6) is -0.361. The predicted molar refractivity (Wildman–Crippen MR) is 82.1 cm³/mol. The van der Waals surface area contributed by atoms with Gasteiger partial charge in [-0.05, 0) is 37.1 Å². The molecule has 0 bridgehead atoms. The SMILES string of the molecule is Cc1cc(/C=C(/C#N)C(=O)NCc2ccccc2)c(C)[nH]1. The highest BCUT2D eigenvalue weighted by atomic mass is 16.1. The Balaban J connectivity index is 2.09. The van der Waals surface area contributed by atoms with Crippen LogP contribution in [0.2, 0.25) is 0 Å². The molecule has 4 heteroatoms. The second-order valence-electron chi connectivity index (χ2n) is 4.87. The molecule has 1 aromatic carbocycles. The van der Waals surface area contributed by atoms with E-state index in [1.807, 2.05) is 56.3 Å². The summed E-state index contributed by atoms with van der Waals surface area (Å²) in [6.07, 6.45) is 1.61. The summed E-state index contributed by atoms with van der Waals surface area (Å²) in [6, 6.07) is 13.5. The van der Waals surface area contributed by atoms with Crippen molar-refractivity contribution in [3.8, 4) is 6.07 Å². The van der Waals surface area contributed by atoms with E-state index in [0.29, 0.717) is 6.54 Å². The monoisotopic (exact) mass is 279 g/mol. The number of carbonyl (C=O) groups excluding carboxylic acids is 1. The van der Waals surface area contributed by atoms with E-state index in [2.05, 4.69) is 10.3 Å². The average molecular weight is 279 g/mol. The third-order valence-electron chi connectivity index (χ3n) is 3.15. The number of hydrogen-bond donors (Lipinski definition) is 2. The molecule has 0 aliphatic heterocycles. The summed E-state index contributed by atoms with van der Waals surface area (Å²) in [4.78, 5) is 15.2. The van der Waals surface area contributed by atoms with E-state index in [1.165, 1.54) is 0 Å². The summed E-state index contributed by atoms with van der Waals surface area (Å²) in [5, 5.41) is 11.9. The van der Waals surface area contributed by atoms with E-state index in [0.717, 1.165) is 22.5 Å². The van der Waals surface area contributed by atoms with Crippen molar-refractivity contribution in [2.45, 2.75) is 20.4 Å². The smallest absolute Gasteiger partial charge is 0.262 e. The lowest BCUT2D eigenvalue weighted by molar-refractivity contribution is -0.117. The Labute approximate surface area is 124 Å². The first-order valence-electron chi connectivity index (χ1n) is 6.70. The van der Waals surface area contributed by atoms with Crippen molar-refractivity contribution in [3.05, 3.63) is 64.5 Å². The Kier molecular flexibility index (Phi) is 4.57. The molecular formula is C17H17N3O. The molecular weight excluding hydrogens is 262 g/mol. The molecule has 2 aromatic rings. The number of aryl methyl sites for hydroxylation is 2. The van der Waals surface area contributed by atoms with Gasteiger partial charge in [0.1, 0.15) is 11.6 Å². The molecule has 1 amide bonds. The number of hydrogen-bond acceptors (Lipinski definition) is 2. The quantitative estimate of drug-likeness (QED) is 0.667. The van der Waals surface area contributed by atoms with Gasteiger partial charge in [-0.3, -0.25) is 4.79 Å².